The van der Waals surface area contributed by atoms with Crippen LogP contribution in [0.2, 0.25) is 0 Å². The Morgan fingerprint density at radius 2 is 1.67 bits per heavy atom. The van der Waals surface area contributed by atoms with Gasteiger partial charge in [0.1, 0.15) is 16.6 Å². The van der Waals surface area contributed by atoms with E-state index in [9.17, 15) is 8.78 Å². The van der Waals surface area contributed by atoms with Gasteiger partial charge in [-0.2, -0.15) is 0 Å². The van der Waals surface area contributed by atoms with Crippen LogP contribution in [0.25, 0.3) is 21.8 Å². The van der Waals surface area contributed by atoms with Gasteiger partial charge < -0.3 is 5.73 Å². The highest BCUT2D eigenvalue weighted by Crippen LogP contribution is 2.32. The molecule has 5 heteroatoms. The quantitative estimate of drug-likeness (QED) is 0.787. The Balaban J connectivity index is 1.99. The summed E-state index contributed by atoms with van der Waals surface area (Å²) >= 11 is 1.22. The van der Waals surface area contributed by atoms with E-state index in [4.69, 9.17) is 5.73 Å². The Kier molecular flexibility index (Phi) is 3.77. The van der Waals surface area contributed by atoms with Crippen molar-refractivity contribution in [3.8, 4) is 21.8 Å². The first-order valence-electron chi connectivity index (χ1n) is 6.38. The molecular weight excluding hydrogens is 290 g/mol. The predicted molar refractivity (Wildman–Crippen MR) is 80.8 cm³/mol. The van der Waals surface area contributed by atoms with Gasteiger partial charge in [0.25, 0.3) is 0 Å². The molecule has 3 aromatic rings. The minimum atomic E-state index is -0.602. The van der Waals surface area contributed by atoms with Gasteiger partial charge in [0, 0.05) is 17.5 Å². The lowest BCUT2D eigenvalue weighted by Crippen LogP contribution is -1.95. The molecule has 106 valence electrons. The Labute approximate surface area is 124 Å². The van der Waals surface area contributed by atoms with Crippen molar-refractivity contribution in [2.75, 3.05) is 0 Å². The van der Waals surface area contributed by atoms with Crippen molar-refractivity contribution in [2.24, 2.45) is 5.73 Å². The fraction of sp³-hybridized carbons (Fsp3) is 0.0625. The molecule has 2 nitrogen and oxygen atoms in total. The second-order valence-electron chi connectivity index (χ2n) is 4.54. The average molecular weight is 302 g/mol. The number of hydrogen-bond acceptors (Lipinski definition) is 3. The molecule has 21 heavy (non-hydrogen) atoms. The van der Waals surface area contributed by atoms with Crippen molar-refractivity contribution in [2.45, 2.75) is 6.54 Å². The summed E-state index contributed by atoms with van der Waals surface area (Å²) in [5.41, 5.74) is 8.09. The molecule has 0 bridgehead atoms. The molecule has 0 aliphatic rings. The van der Waals surface area contributed by atoms with Gasteiger partial charge in [0.05, 0.1) is 11.3 Å². The van der Waals surface area contributed by atoms with Crippen LogP contribution in [0, 0.1) is 11.6 Å². The average Bonchev–Trinajstić information content (AvgIpc) is 2.97. The lowest BCUT2D eigenvalue weighted by atomic mass is 10.1. The largest absolute Gasteiger partial charge is 0.326 e. The molecule has 0 saturated heterocycles. The van der Waals surface area contributed by atoms with Crippen molar-refractivity contribution < 1.29 is 8.78 Å². The van der Waals surface area contributed by atoms with Gasteiger partial charge in [-0.25, -0.2) is 13.8 Å². The Hall–Kier alpha value is -2.11. The summed E-state index contributed by atoms with van der Waals surface area (Å²) in [7, 11) is 0. The zero-order chi connectivity index (χ0) is 14.8. The monoisotopic (exact) mass is 302 g/mol. The Morgan fingerprint density at radius 1 is 1.00 bits per heavy atom. The van der Waals surface area contributed by atoms with Crippen molar-refractivity contribution in [1.82, 2.24) is 4.98 Å². The van der Waals surface area contributed by atoms with Crippen molar-refractivity contribution in [3.63, 3.8) is 0 Å². The third kappa shape index (κ3) is 2.70. The van der Waals surface area contributed by atoms with Gasteiger partial charge in [-0.05, 0) is 17.7 Å². The summed E-state index contributed by atoms with van der Waals surface area (Å²) in [5, 5.41) is 2.13. The van der Waals surface area contributed by atoms with Crippen LogP contribution in [-0.4, -0.2) is 4.98 Å². The molecule has 0 atom stereocenters. The van der Waals surface area contributed by atoms with Gasteiger partial charge in [0.2, 0.25) is 0 Å². The lowest BCUT2D eigenvalue weighted by molar-refractivity contribution is 0.589. The van der Waals surface area contributed by atoms with Gasteiger partial charge >= 0.3 is 0 Å². The molecule has 0 aliphatic carbocycles. The molecule has 0 amide bonds. The van der Waals surface area contributed by atoms with Crippen LogP contribution in [0.1, 0.15) is 5.56 Å². The van der Waals surface area contributed by atoms with Gasteiger partial charge in [-0.15, -0.1) is 11.3 Å². The second kappa shape index (κ2) is 5.71. The first-order chi connectivity index (χ1) is 10.2. The fourth-order valence-electron chi connectivity index (χ4n) is 2.03. The lowest BCUT2D eigenvalue weighted by Gasteiger charge is -2.01. The molecule has 0 spiro atoms. The molecule has 0 radical (unpaired) electrons. The number of thiazole rings is 1. The van der Waals surface area contributed by atoms with Crippen LogP contribution < -0.4 is 5.73 Å². The van der Waals surface area contributed by atoms with Crippen molar-refractivity contribution in [3.05, 3.63) is 65.0 Å². The van der Waals surface area contributed by atoms with E-state index in [1.165, 1.54) is 29.5 Å². The minimum absolute atomic E-state index is 0.0765. The first-order valence-corrected chi connectivity index (χ1v) is 7.26. The molecule has 1 aromatic heterocycles. The van der Waals surface area contributed by atoms with E-state index in [2.05, 4.69) is 4.98 Å². The van der Waals surface area contributed by atoms with E-state index in [1.807, 2.05) is 24.3 Å². The van der Waals surface area contributed by atoms with Crippen LogP contribution in [-0.2, 0) is 6.54 Å². The van der Waals surface area contributed by atoms with Gasteiger partial charge in [-0.1, -0.05) is 30.3 Å². The molecule has 2 N–H and O–H groups in total. The number of benzene rings is 2. The summed E-state index contributed by atoms with van der Waals surface area (Å²) in [5.74, 6) is -1.20. The first kappa shape index (κ1) is 13.9. The molecule has 0 unspecified atom stereocenters. The van der Waals surface area contributed by atoms with Crippen molar-refractivity contribution in [1.29, 1.82) is 0 Å². The summed E-state index contributed by atoms with van der Waals surface area (Å²) in [6, 6.07) is 11.4. The SMILES string of the molecule is NCc1ccc(-c2csc(-c3c(F)cccc3F)n2)cc1. The molecule has 1 heterocycles. The summed E-state index contributed by atoms with van der Waals surface area (Å²) in [4.78, 5) is 4.34. The van der Waals surface area contributed by atoms with Crippen LogP contribution in [0.4, 0.5) is 8.78 Å². The Morgan fingerprint density at radius 3 is 2.29 bits per heavy atom. The van der Waals surface area contributed by atoms with Gasteiger partial charge in [-0.3, -0.25) is 0 Å². The third-order valence-corrected chi connectivity index (χ3v) is 4.03. The number of nitrogens with zero attached hydrogens (tertiary/aromatic N) is 1. The third-order valence-electron chi connectivity index (χ3n) is 3.17. The standard InChI is InChI=1S/C16H12F2N2S/c17-12-2-1-3-13(18)15(12)16-20-14(9-21-16)11-6-4-10(8-19)5-7-11/h1-7,9H,8,19H2. The van der Waals surface area contributed by atoms with E-state index < -0.39 is 11.6 Å². The predicted octanol–water partition coefficient (Wildman–Crippen LogP) is 4.21. The van der Waals surface area contributed by atoms with E-state index in [0.29, 0.717) is 17.2 Å². The van der Waals surface area contributed by atoms with Crippen LogP contribution in [0.3, 0.4) is 0 Å². The van der Waals surface area contributed by atoms with Crippen LogP contribution in [0.5, 0.6) is 0 Å². The smallest absolute Gasteiger partial charge is 0.136 e. The summed E-state index contributed by atoms with van der Waals surface area (Å²) in [6.45, 7) is 0.475. The normalized spacial score (nSPS) is 10.8. The highest BCUT2D eigenvalue weighted by atomic mass is 32.1. The summed E-state index contributed by atoms with van der Waals surface area (Å²) in [6.07, 6.45) is 0. The fourth-order valence-corrected chi connectivity index (χ4v) is 2.91. The van der Waals surface area contributed by atoms with Gasteiger partial charge in [0.15, 0.2) is 0 Å². The summed E-state index contributed by atoms with van der Waals surface area (Å²) < 4.78 is 27.5. The number of rotatable bonds is 3. The molecule has 0 fully saturated rings. The zero-order valence-corrected chi connectivity index (χ0v) is 11.8. The van der Waals surface area contributed by atoms with E-state index in [-0.39, 0.29) is 5.56 Å². The highest BCUT2D eigenvalue weighted by Gasteiger charge is 2.15. The zero-order valence-electron chi connectivity index (χ0n) is 11.0. The topological polar surface area (TPSA) is 38.9 Å². The maximum atomic E-state index is 13.8. The number of aromatic nitrogens is 1. The molecule has 0 aliphatic heterocycles. The van der Waals surface area contributed by atoms with E-state index >= 15 is 0 Å². The molecular formula is C16H12F2N2S. The van der Waals surface area contributed by atoms with E-state index in [1.54, 1.807) is 5.38 Å². The molecule has 3 rings (SSSR count). The molecule has 2 aromatic carbocycles. The highest BCUT2D eigenvalue weighted by molar-refractivity contribution is 7.13. The number of halogens is 2. The minimum Gasteiger partial charge on any atom is -0.326 e. The van der Waals surface area contributed by atoms with Crippen molar-refractivity contribution >= 4 is 11.3 Å². The maximum absolute atomic E-state index is 13.8. The molecule has 0 saturated carbocycles. The Bertz CT molecular complexity index is 746. The van der Waals surface area contributed by atoms with Crippen LogP contribution in [0.15, 0.2) is 47.8 Å². The van der Waals surface area contributed by atoms with Crippen LogP contribution >= 0.6 is 11.3 Å². The number of nitrogens with two attached hydrogens (primary N) is 1. The van der Waals surface area contributed by atoms with E-state index in [0.717, 1.165) is 11.1 Å². The second-order valence-corrected chi connectivity index (χ2v) is 5.39. The maximum Gasteiger partial charge on any atom is 0.136 e. The number of hydrogen-bond donors (Lipinski definition) is 1.